The van der Waals surface area contributed by atoms with Crippen molar-refractivity contribution in [3.05, 3.63) is 46.3 Å². The largest absolute Gasteiger partial charge is 0.337 e. The summed E-state index contributed by atoms with van der Waals surface area (Å²) >= 11 is 7.82. The Morgan fingerprint density at radius 2 is 2.00 bits per heavy atom. The minimum absolute atomic E-state index is 0.0576. The quantitative estimate of drug-likeness (QED) is 0.859. The first kappa shape index (κ1) is 17.8. The van der Waals surface area contributed by atoms with E-state index in [4.69, 9.17) is 11.6 Å². The lowest BCUT2D eigenvalue weighted by molar-refractivity contribution is 0.215. The Balaban J connectivity index is 1.85. The molecule has 23 heavy (non-hydrogen) atoms. The van der Waals surface area contributed by atoms with Crippen LogP contribution in [0.4, 0.5) is 4.79 Å². The van der Waals surface area contributed by atoms with Gasteiger partial charge in [-0.25, -0.2) is 4.79 Å². The molecule has 1 aromatic carbocycles. The third-order valence-corrected chi connectivity index (χ3v) is 4.73. The van der Waals surface area contributed by atoms with Crippen LogP contribution in [-0.4, -0.2) is 50.1 Å². The summed E-state index contributed by atoms with van der Waals surface area (Å²) in [4.78, 5) is 17.7. The van der Waals surface area contributed by atoms with E-state index >= 15 is 0 Å². The molecule has 1 aromatic heterocycles. The Labute approximate surface area is 146 Å². The highest BCUT2D eigenvalue weighted by Crippen LogP contribution is 2.30. The summed E-state index contributed by atoms with van der Waals surface area (Å²) in [5, 5.41) is 3.63. The van der Waals surface area contributed by atoms with Crippen LogP contribution in [0.5, 0.6) is 0 Å². The highest BCUT2D eigenvalue weighted by molar-refractivity contribution is 7.15. The first-order valence-electron chi connectivity index (χ1n) is 7.44. The van der Waals surface area contributed by atoms with Gasteiger partial charge in [0.25, 0.3) is 0 Å². The lowest BCUT2D eigenvalue weighted by Gasteiger charge is -2.17. The Morgan fingerprint density at radius 3 is 2.70 bits per heavy atom. The molecule has 4 nitrogen and oxygen atoms in total. The number of halogens is 1. The maximum Gasteiger partial charge on any atom is 0.316 e. The fourth-order valence-corrected chi connectivity index (χ4v) is 3.39. The van der Waals surface area contributed by atoms with Crippen molar-refractivity contribution in [3.8, 4) is 10.4 Å². The maximum absolute atomic E-state index is 11.5. The predicted octanol–water partition coefficient (Wildman–Crippen LogP) is 3.77. The van der Waals surface area contributed by atoms with Gasteiger partial charge in [-0.1, -0.05) is 23.7 Å². The minimum Gasteiger partial charge on any atom is -0.337 e. The molecular weight excluding hydrogens is 330 g/mol. The van der Waals surface area contributed by atoms with Crippen molar-refractivity contribution in [2.75, 3.05) is 34.2 Å². The predicted molar refractivity (Wildman–Crippen MR) is 98.2 cm³/mol. The molecule has 0 fully saturated rings. The monoisotopic (exact) mass is 351 g/mol. The summed E-state index contributed by atoms with van der Waals surface area (Å²) in [6.07, 6.45) is 0. The lowest BCUT2D eigenvalue weighted by Crippen LogP contribution is -2.38. The minimum atomic E-state index is -0.0576. The smallest absolute Gasteiger partial charge is 0.316 e. The molecule has 1 heterocycles. The second-order valence-corrected chi connectivity index (χ2v) is 7.25. The van der Waals surface area contributed by atoms with Crippen molar-refractivity contribution in [1.82, 2.24) is 15.1 Å². The molecule has 0 unspecified atom stereocenters. The summed E-state index contributed by atoms with van der Waals surface area (Å²) < 4.78 is 0. The van der Waals surface area contributed by atoms with Crippen LogP contribution < -0.4 is 5.32 Å². The van der Waals surface area contributed by atoms with Crippen LogP contribution in [-0.2, 0) is 6.54 Å². The van der Waals surface area contributed by atoms with Crippen molar-refractivity contribution in [3.63, 3.8) is 0 Å². The zero-order valence-electron chi connectivity index (χ0n) is 13.7. The number of amides is 2. The van der Waals surface area contributed by atoms with Crippen LogP contribution in [0.15, 0.2) is 36.4 Å². The molecule has 0 aliphatic rings. The number of thiophene rings is 1. The second-order valence-electron chi connectivity index (χ2n) is 5.64. The molecule has 0 saturated carbocycles. The first-order chi connectivity index (χ1) is 11.0. The molecule has 0 atom stereocenters. The van der Waals surface area contributed by atoms with Gasteiger partial charge in [-0.05, 0) is 36.9 Å². The van der Waals surface area contributed by atoms with Crippen LogP contribution in [0, 0.1) is 0 Å². The van der Waals surface area contributed by atoms with Gasteiger partial charge in [0.2, 0.25) is 0 Å². The van der Waals surface area contributed by atoms with Gasteiger partial charge in [0.15, 0.2) is 0 Å². The Hall–Kier alpha value is -1.56. The number of rotatable bonds is 6. The second kappa shape index (κ2) is 8.34. The zero-order valence-corrected chi connectivity index (χ0v) is 15.2. The number of likely N-dealkylation sites (N-methyl/N-ethyl adjacent to an activating group) is 1. The van der Waals surface area contributed by atoms with E-state index in [-0.39, 0.29) is 6.03 Å². The number of carbonyl (C=O) groups excluding carboxylic acids is 1. The van der Waals surface area contributed by atoms with Gasteiger partial charge in [-0.3, -0.25) is 4.90 Å². The third kappa shape index (κ3) is 5.53. The number of nitrogens with one attached hydrogen (secondary N) is 1. The molecular formula is C17H22ClN3OS. The molecule has 0 radical (unpaired) electrons. The lowest BCUT2D eigenvalue weighted by atomic mass is 10.2. The Kier molecular flexibility index (Phi) is 6.45. The van der Waals surface area contributed by atoms with Gasteiger partial charge in [0.1, 0.15) is 0 Å². The average molecular weight is 352 g/mol. The molecule has 2 aromatic rings. The van der Waals surface area contributed by atoms with Crippen LogP contribution in [0.25, 0.3) is 10.4 Å². The van der Waals surface area contributed by atoms with E-state index < -0.39 is 0 Å². The van der Waals surface area contributed by atoms with Gasteiger partial charge in [-0.15, -0.1) is 11.3 Å². The number of urea groups is 1. The Morgan fingerprint density at radius 1 is 1.22 bits per heavy atom. The Bertz CT molecular complexity index is 657. The molecule has 124 valence electrons. The van der Waals surface area contributed by atoms with E-state index in [0.29, 0.717) is 6.54 Å². The summed E-state index contributed by atoms with van der Waals surface area (Å²) in [7, 11) is 5.53. The number of hydrogen-bond acceptors (Lipinski definition) is 3. The van der Waals surface area contributed by atoms with Crippen molar-refractivity contribution < 1.29 is 4.79 Å². The molecule has 0 spiro atoms. The fourth-order valence-electron chi connectivity index (χ4n) is 2.12. The van der Waals surface area contributed by atoms with Gasteiger partial charge < -0.3 is 10.2 Å². The standard InChI is InChI=1S/C17H22ClN3OS/c1-20(2)17(22)19-9-10-21(3)12-15-7-8-16(23-15)13-5-4-6-14(18)11-13/h4-8,11H,9-10,12H2,1-3H3,(H,19,22). The highest BCUT2D eigenvalue weighted by atomic mass is 35.5. The van der Waals surface area contributed by atoms with Crippen molar-refractivity contribution in [1.29, 1.82) is 0 Å². The van der Waals surface area contributed by atoms with Crippen LogP contribution in [0.2, 0.25) is 5.02 Å². The molecule has 6 heteroatoms. The SMILES string of the molecule is CN(CCNC(=O)N(C)C)Cc1ccc(-c2cccc(Cl)c2)s1. The molecule has 2 rings (SSSR count). The molecule has 1 N–H and O–H groups in total. The van der Waals surface area contributed by atoms with Crippen molar-refractivity contribution in [2.24, 2.45) is 0 Å². The third-order valence-electron chi connectivity index (χ3n) is 3.37. The van der Waals surface area contributed by atoms with E-state index in [9.17, 15) is 4.79 Å². The number of hydrogen-bond donors (Lipinski definition) is 1. The molecule has 2 amide bonds. The average Bonchev–Trinajstić information content (AvgIpc) is 2.95. The van der Waals surface area contributed by atoms with E-state index in [1.165, 1.54) is 14.7 Å². The van der Waals surface area contributed by atoms with Crippen LogP contribution in [0.3, 0.4) is 0 Å². The molecule has 0 aliphatic heterocycles. The van der Waals surface area contributed by atoms with Gasteiger partial charge in [0.05, 0.1) is 0 Å². The summed E-state index contributed by atoms with van der Waals surface area (Å²) in [5.41, 5.74) is 1.15. The highest BCUT2D eigenvalue weighted by Gasteiger charge is 2.07. The first-order valence-corrected chi connectivity index (χ1v) is 8.63. The van der Waals surface area contributed by atoms with E-state index in [0.717, 1.165) is 23.7 Å². The van der Waals surface area contributed by atoms with Crippen molar-refractivity contribution in [2.45, 2.75) is 6.54 Å². The summed E-state index contributed by atoms with van der Waals surface area (Å²) in [5.74, 6) is 0. The number of benzene rings is 1. The molecule has 0 saturated heterocycles. The molecule has 0 aliphatic carbocycles. The normalized spacial score (nSPS) is 10.8. The van der Waals surface area contributed by atoms with Crippen molar-refractivity contribution >= 4 is 29.0 Å². The van der Waals surface area contributed by atoms with Gasteiger partial charge >= 0.3 is 6.03 Å². The van der Waals surface area contributed by atoms with Gasteiger partial charge in [-0.2, -0.15) is 0 Å². The summed E-state index contributed by atoms with van der Waals surface area (Å²) in [6.45, 7) is 2.31. The maximum atomic E-state index is 11.5. The number of carbonyl (C=O) groups is 1. The van der Waals surface area contributed by atoms with E-state index in [2.05, 4.69) is 35.5 Å². The summed E-state index contributed by atoms with van der Waals surface area (Å²) in [6, 6.07) is 12.1. The van der Waals surface area contributed by atoms with Crippen LogP contribution in [0.1, 0.15) is 4.88 Å². The molecule has 0 bridgehead atoms. The topological polar surface area (TPSA) is 35.6 Å². The number of nitrogens with zero attached hydrogens (tertiary/aromatic N) is 2. The van der Waals surface area contributed by atoms with E-state index in [1.807, 2.05) is 18.2 Å². The van der Waals surface area contributed by atoms with Gasteiger partial charge in [0, 0.05) is 48.5 Å². The zero-order chi connectivity index (χ0) is 16.8. The van der Waals surface area contributed by atoms with E-state index in [1.54, 1.807) is 25.4 Å². The fraction of sp³-hybridized carbons (Fsp3) is 0.353. The van der Waals surface area contributed by atoms with Crippen LogP contribution >= 0.6 is 22.9 Å².